The van der Waals surface area contributed by atoms with Crippen LogP contribution in [0.5, 0.6) is 5.75 Å². The van der Waals surface area contributed by atoms with E-state index in [1.165, 1.54) is 0 Å². The average molecular weight is 363 g/mol. The maximum Gasteiger partial charge on any atom is 0.124 e. The smallest absolute Gasteiger partial charge is 0.124 e. The molecule has 0 radical (unpaired) electrons. The van der Waals surface area contributed by atoms with Gasteiger partial charge in [-0.2, -0.15) is 5.10 Å². The fourth-order valence-corrected chi connectivity index (χ4v) is 2.30. The van der Waals surface area contributed by atoms with Gasteiger partial charge in [0.15, 0.2) is 0 Å². The summed E-state index contributed by atoms with van der Waals surface area (Å²) in [5.74, 6) is 0.230. The van der Waals surface area contributed by atoms with Crippen LogP contribution in [0.1, 0.15) is 5.56 Å². The summed E-state index contributed by atoms with van der Waals surface area (Å²) in [4.78, 5) is 4.38. The SMILES string of the molecule is Oc1ccc(I)cc1C=Nc1ccc2[nH]ncc2c1. The van der Waals surface area contributed by atoms with E-state index in [1.54, 1.807) is 18.5 Å². The van der Waals surface area contributed by atoms with Gasteiger partial charge in [-0.25, -0.2) is 0 Å². The van der Waals surface area contributed by atoms with Gasteiger partial charge >= 0.3 is 0 Å². The van der Waals surface area contributed by atoms with Gasteiger partial charge < -0.3 is 5.11 Å². The topological polar surface area (TPSA) is 61.3 Å². The monoisotopic (exact) mass is 363 g/mol. The molecule has 0 aliphatic carbocycles. The lowest BCUT2D eigenvalue weighted by Crippen LogP contribution is -1.83. The number of hydrogen-bond acceptors (Lipinski definition) is 3. The summed E-state index contributed by atoms with van der Waals surface area (Å²) in [6.07, 6.45) is 3.43. The zero-order valence-electron chi connectivity index (χ0n) is 9.84. The predicted molar refractivity (Wildman–Crippen MR) is 84.2 cm³/mol. The maximum atomic E-state index is 9.74. The number of aliphatic imine (C=N–C) groups is 1. The Hall–Kier alpha value is -1.89. The third-order valence-corrected chi connectivity index (χ3v) is 3.44. The lowest BCUT2D eigenvalue weighted by Gasteiger charge is -1.99. The fraction of sp³-hybridized carbons (Fsp3) is 0. The second-order valence-corrected chi connectivity index (χ2v) is 5.35. The second kappa shape index (κ2) is 5.00. The van der Waals surface area contributed by atoms with Gasteiger partial charge in [-0.3, -0.25) is 10.1 Å². The standard InChI is InChI=1S/C14H10IN3O/c15-11-1-4-14(19)10(5-11)7-16-12-2-3-13-9(6-12)8-17-18-13/h1-8,19H,(H,17,18). The Bertz CT molecular complexity index is 764. The number of nitrogens with zero attached hydrogens (tertiary/aromatic N) is 2. The van der Waals surface area contributed by atoms with Crippen molar-refractivity contribution < 1.29 is 5.11 Å². The van der Waals surface area contributed by atoms with E-state index in [2.05, 4.69) is 37.8 Å². The summed E-state index contributed by atoms with van der Waals surface area (Å²) in [5.41, 5.74) is 2.52. The number of nitrogens with one attached hydrogen (secondary N) is 1. The molecule has 0 aliphatic heterocycles. The molecule has 3 aromatic rings. The van der Waals surface area contributed by atoms with Gasteiger partial charge in [-0.15, -0.1) is 0 Å². The molecule has 4 nitrogen and oxygen atoms in total. The first kappa shape index (κ1) is 12.2. The molecule has 0 amide bonds. The van der Waals surface area contributed by atoms with Crippen molar-refractivity contribution in [2.75, 3.05) is 0 Å². The number of aromatic hydroxyl groups is 1. The molecular formula is C14H10IN3O. The molecule has 0 saturated heterocycles. The molecule has 1 heterocycles. The molecule has 1 aromatic heterocycles. The molecule has 0 unspecified atom stereocenters. The van der Waals surface area contributed by atoms with Crippen molar-refractivity contribution in [2.45, 2.75) is 0 Å². The van der Waals surface area contributed by atoms with Crippen LogP contribution in [0.3, 0.4) is 0 Å². The lowest BCUT2D eigenvalue weighted by atomic mass is 10.2. The summed E-state index contributed by atoms with van der Waals surface area (Å²) in [6.45, 7) is 0. The zero-order chi connectivity index (χ0) is 13.2. The predicted octanol–water partition coefficient (Wildman–Crippen LogP) is 3.62. The molecule has 0 bridgehead atoms. The number of phenols is 1. The lowest BCUT2D eigenvalue weighted by molar-refractivity contribution is 0.474. The van der Waals surface area contributed by atoms with Crippen LogP contribution >= 0.6 is 22.6 Å². The summed E-state index contributed by atoms with van der Waals surface area (Å²) in [7, 11) is 0. The van der Waals surface area contributed by atoms with E-state index in [0.717, 1.165) is 20.2 Å². The molecule has 0 aliphatic rings. The van der Waals surface area contributed by atoms with E-state index in [0.29, 0.717) is 5.56 Å². The fourth-order valence-electron chi connectivity index (χ4n) is 1.78. The van der Waals surface area contributed by atoms with Crippen molar-refractivity contribution in [3.05, 3.63) is 51.7 Å². The number of aromatic amines is 1. The van der Waals surface area contributed by atoms with Gasteiger partial charge in [-0.05, 0) is 59.0 Å². The molecule has 0 saturated carbocycles. The number of phenolic OH excluding ortho intramolecular Hbond substituents is 1. The number of rotatable bonds is 2. The highest BCUT2D eigenvalue weighted by Crippen LogP contribution is 2.21. The highest BCUT2D eigenvalue weighted by Gasteiger charge is 2.00. The quantitative estimate of drug-likeness (QED) is 0.540. The van der Waals surface area contributed by atoms with E-state index in [9.17, 15) is 5.11 Å². The first-order valence-electron chi connectivity index (χ1n) is 5.68. The highest BCUT2D eigenvalue weighted by molar-refractivity contribution is 14.1. The van der Waals surface area contributed by atoms with Crippen LogP contribution in [0, 0.1) is 3.57 Å². The number of H-pyrrole nitrogens is 1. The molecule has 0 atom stereocenters. The van der Waals surface area contributed by atoms with Crippen molar-refractivity contribution in [1.82, 2.24) is 10.2 Å². The second-order valence-electron chi connectivity index (χ2n) is 4.10. The number of halogens is 1. The maximum absolute atomic E-state index is 9.74. The Morgan fingerprint density at radius 2 is 2.11 bits per heavy atom. The third kappa shape index (κ3) is 2.60. The van der Waals surface area contributed by atoms with Crippen LogP contribution in [0.4, 0.5) is 5.69 Å². The molecular weight excluding hydrogens is 353 g/mol. The van der Waals surface area contributed by atoms with Crippen molar-refractivity contribution >= 4 is 45.4 Å². The Balaban J connectivity index is 1.95. The first-order valence-corrected chi connectivity index (χ1v) is 6.76. The van der Waals surface area contributed by atoms with E-state index < -0.39 is 0 Å². The molecule has 94 valence electrons. The van der Waals surface area contributed by atoms with E-state index in [-0.39, 0.29) is 5.75 Å². The molecule has 3 rings (SSSR count). The highest BCUT2D eigenvalue weighted by atomic mass is 127. The van der Waals surface area contributed by atoms with Gasteiger partial charge in [0.25, 0.3) is 0 Å². The largest absolute Gasteiger partial charge is 0.507 e. The Morgan fingerprint density at radius 3 is 3.00 bits per heavy atom. The van der Waals surface area contributed by atoms with Crippen LogP contribution in [0.15, 0.2) is 47.6 Å². The van der Waals surface area contributed by atoms with E-state index >= 15 is 0 Å². The minimum Gasteiger partial charge on any atom is -0.507 e. The molecule has 19 heavy (non-hydrogen) atoms. The molecule has 5 heteroatoms. The van der Waals surface area contributed by atoms with Crippen LogP contribution in [0.2, 0.25) is 0 Å². The number of fused-ring (bicyclic) bond motifs is 1. The van der Waals surface area contributed by atoms with Crippen LogP contribution in [-0.4, -0.2) is 21.5 Å². The summed E-state index contributed by atoms with van der Waals surface area (Å²) in [6, 6.07) is 11.2. The van der Waals surface area contributed by atoms with Gasteiger partial charge in [0, 0.05) is 20.7 Å². The Morgan fingerprint density at radius 1 is 1.21 bits per heavy atom. The molecule has 2 aromatic carbocycles. The van der Waals surface area contributed by atoms with Crippen LogP contribution in [-0.2, 0) is 0 Å². The van der Waals surface area contributed by atoms with Crippen LogP contribution < -0.4 is 0 Å². The number of aromatic nitrogens is 2. The molecule has 2 N–H and O–H groups in total. The van der Waals surface area contributed by atoms with E-state index in [1.807, 2.05) is 30.3 Å². The minimum absolute atomic E-state index is 0.230. The van der Waals surface area contributed by atoms with E-state index in [4.69, 9.17) is 0 Å². The Labute approximate surface area is 123 Å². The van der Waals surface area contributed by atoms with Gasteiger partial charge in [0.2, 0.25) is 0 Å². The number of benzene rings is 2. The van der Waals surface area contributed by atoms with Crippen molar-refractivity contribution in [2.24, 2.45) is 4.99 Å². The summed E-state index contributed by atoms with van der Waals surface area (Å²) >= 11 is 2.20. The van der Waals surface area contributed by atoms with Gasteiger partial charge in [-0.1, -0.05) is 0 Å². The summed E-state index contributed by atoms with van der Waals surface area (Å²) < 4.78 is 1.06. The normalized spacial score (nSPS) is 11.4. The van der Waals surface area contributed by atoms with Crippen molar-refractivity contribution in [1.29, 1.82) is 0 Å². The average Bonchev–Trinajstić information content (AvgIpc) is 2.87. The first-order chi connectivity index (χ1) is 9.22. The molecule has 0 fully saturated rings. The van der Waals surface area contributed by atoms with Gasteiger partial charge in [0.05, 0.1) is 17.4 Å². The number of hydrogen-bond donors (Lipinski definition) is 2. The van der Waals surface area contributed by atoms with Gasteiger partial charge in [0.1, 0.15) is 5.75 Å². The Kier molecular flexibility index (Phi) is 3.20. The molecule has 0 spiro atoms. The third-order valence-electron chi connectivity index (χ3n) is 2.77. The van der Waals surface area contributed by atoms with Crippen molar-refractivity contribution in [3.8, 4) is 5.75 Å². The van der Waals surface area contributed by atoms with Crippen LogP contribution in [0.25, 0.3) is 10.9 Å². The summed E-state index contributed by atoms with van der Waals surface area (Å²) in [5, 5.41) is 17.6. The van der Waals surface area contributed by atoms with Crippen molar-refractivity contribution in [3.63, 3.8) is 0 Å². The minimum atomic E-state index is 0.230. The zero-order valence-corrected chi connectivity index (χ0v) is 12.0.